The van der Waals surface area contributed by atoms with Crippen molar-refractivity contribution in [2.24, 2.45) is 17.0 Å². The molecule has 10 atom stereocenters. The Morgan fingerprint density at radius 1 is 0.621 bits per heavy atom. The van der Waals surface area contributed by atoms with Gasteiger partial charge in [0.05, 0.1) is 57.2 Å². The fourth-order valence-electron chi connectivity index (χ4n) is 12.9. The van der Waals surface area contributed by atoms with Crippen molar-refractivity contribution in [3.8, 4) is 21.9 Å². The average molecular weight is 1510 g/mol. The third kappa shape index (κ3) is 19.0. The van der Waals surface area contributed by atoms with Crippen molar-refractivity contribution < 1.29 is 88.7 Å². The molecule has 4 aliphatic heterocycles. The Balaban J connectivity index is 0.000000201. The number of fused-ring (bicyclic) bond motifs is 6. The molecule has 2 aromatic heterocycles. The first-order valence-corrected chi connectivity index (χ1v) is 39.7. The number of primary sulfonamides is 1. The monoisotopic (exact) mass is 1510 g/mol. The van der Waals surface area contributed by atoms with Gasteiger partial charge in [0.1, 0.15) is 70.2 Å². The van der Waals surface area contributed by atoms with Crippen LogP contribution < -0.4 is 50.1 Å². The zero-order valence-corrected chi connectivity index (χ0v) is 63.1. The number of nitrogens with zero attached hydrogens (tertiary/aromatic N) is 4. The molecule has 8 N–H and O–H groups in total. The first-order valence-electron chi connectivity index (χ1n) is 35.0. The molecule has 103 heavy (non-hydrogen) atoms. The van der Waals surface area contributed by atoms with Gasteiger partial charge in [-0.25, -0.2) is 46.3 Å². The van der Waals surface area contributed by atoms with Crippen LogP contribution in [0.4, 0.5) is 9.59 Å². The normalized spacial score (nSPS) is 28.3. The van der Waals surface area contributed by atoms with E-state index in [0.717, 1.165) is 59.9 Å². The Morgan fingerprint density at radius 2 is 1.04 bits per heavy atom. The Hall–Kier alpha value is -7.88. The largest absolute Gasteiger partial charge is 0.497 e. The summed E-state index contributed by atoms with van der Waals surface area (Å²) in [5.41, 5.74) is -3.04. The number of aromatic nitrogens is 2. The van der Waals surface area contributed by atoms with Crippen LogP contribution in [0.5, 0.6) is 21.9 Å². The van der Waals surface area contributed by atoms with Gasteiger partial charge in [-0.1, -0.05) is 72.7 Å². The van der Waals surface area contributed by atoms with E-state index in [2.05, 4.69) is 36.0 Å². The number of rotatable bonds is 13. The van der Waals surface area contributed by atoms with E-state index in [-0.39, 0.29) is 44.7 Å². The summed E-state index contributed by atoms with van der Waals surface area (Å²) in [4.78, 5) is 120. The Morgan fingerprint density at radius 3 is 1.43 bits per heavy atom. The number of alkyl carbamates (subject to hydrolysis) is 2. The van der Waals surface area contributed by atoms with Crippen molar-refractivity contribution in [3.05, 3.63) is 60.7 Å². The van der Waals surface area contributed by atoms with Crippen LogP contribution >= 0.6 is 22.7 Å². The molecule has 2 aromatic carbocycles. The van der Waals surface area contributed by atoms with E-state index in [1.165, 1.54) is 32.5 Å². The first kappa shape index (κ1) is 77.7. The summed E-state index contributed by atoms with van der Waals surface area (Å²) < 4.78 is 83.5. The van der Waals surface area contributed by atoms with Crippen LogP contribution in [0.25, 0.3) is 20.4 Å². The van der Waals surface area contributed by atoms with Gasteiger partial charge in [0, 0.05) is 24.7 Å². The maximum Gasteiger partial charge on any atom is 0.408 e. The summed E-state index contributed by atoms with van der Waals surface area (Å²) in [6.45, 7) is 13.7. The number of carboxylic acids is 1. The SMILES string of the molecule is CC1(S(N)(=O)=O)CC1.COc1ccc2nc(O[C@@H]3C[C@H]4C(=O)N[C@]5(C(=O)NS(=O)(=O)C6(C)CC6)C[C@H]5/C=C\CCCCC[C@H](NC(=O)OC(C)(C)C)C(=O)N4C3)sc2c1.COc1ccc2nc(O[C@@H]3C[C@H]4C(=O)N[C@]5(C(=O)O)C[C@H]5/C=C\CCCCC[C@H](NC(=O)OC(C)(C)C)C(=O)N4C3)sc2c1. The van der Waals surface area contributed by atoms with Gasteiger partial charge in [0.25, 0.3) is 16.3 Å². The molecule has 0 unspecified atom stereocenters. The maximum absolute atomic E-state index is 14.4. The number of methoxy groups -OCH3 is 2. The van der Waals surface area contributed by atoms with E-state index in [1.807, 2.05) is 48.6 Å². The number of thiazole rings is 2. The predicted molar refractivity (Wildman–Crippen MR) is 383 cm³/mol. The zero-order valence-electron chi connectivity index (χ0n) is 59.8. The third-order valence-electron chi connectivity index (χ3n) is 19.8. The summed E-state index contributed by atoms with van der Waals surface area (Å²) in [7, 11) is -4.04. The number of carbonyl (C=O) groups excluding carboxylic acids is 7. The fraction of sp³-hybridized carbons (Fsp3) is 0.629. The molecule has 29 nitrogen and oxygen atoms in total. The number of nitrogens with two attached hydrogens (primary N) is 1. The molecule has 33 heteroatoms. The van der Waals surface area contributed by atoms with E-state index in [1.54, 1.807) is 81.7 Å². The minimum absolute atomic E-state index is 0.0118. The smallest absolute Gasteiger partial charge is 0.408 e. The van der Waals surface area contributed by atoms with E-state index >= 15 is 0 Å². The van der Waals surface area contributed by atoms with Crippen molar-refractivity contribution in [1.29, 1.82) is 0 Å². The van der Waals surface area contributed by atoms with Crippen LogP contribution in [0.3, 0.4) is 0 Å². The zero-order chi connectivity index (χ0) is 74.8. The lowest BCUT2D eigenvalue weighted by atomic mass is 10.0. The summed E-state index contributed by atoms with van der Waals surface area (Å²) in [5.74, 6) is -3.40. The number of sulfonamides is 2. The van der Waals surface area contributed by atoms with Crippen LogP contribution in [0.15, 0.2) is 60.7 Å². The number of carboxylic acid groups (broad SMARTS) is 1. The van der Waals surface area contributed by atoms with Crippen LogP contribution in [0.2, 0.25) is 0 Å². The molecule has 2 saturated heterocycles. The van der Waals surface area contributed by atoms with Gasteiger partial charge in [-0.3, -0.25) is 28.7 Å². The molecular formula is C70H96N10O19S4. The van der Waals surface area contributed by atoms with Crippen molar-refractivity contribution in [1.82, 2.24) is 45.8 Å². The van der Waals surface area contributed by atoms with E-state index in [9.17, 15) is 60.3 Å². The highest BCUT2D eigenvalue weighted by molar-refractivity contribution is 7.91. The van der Waals surface area contributed by atoms with Gasteiger partial charge in [0.2, 0.25) is 43.7 Å². The van der Waals surface area contributed by atoms with E-state index in [4.69, 9.17) is 33.6 Å². The summed E-state index contributed by atoms with van der Waals surface area (Å²) in [6, 6.07) is 6.93. The van der Waals surface area contributed by atoms with Crippen molar-refractivity contribution >= 4 is 111 Å². The second-order valence-corrected chi connectivity index (χ2v) is 36.6. The number of carbonyl (C=O) groups is 8. The molecule has 6 heterocycles. The van der Waals surface area contributed by atoms with Crippen molar-refractivity contribution in [2.45, 2.75) is 239 Å². The molecule has 0 radical (unpaired) electrons. The number of aliphatic carboxylic acids is 1. The van der Waals surface area contributed by atoms with Gasteiger partial charge in [-0.2, -0.15) is 0 Å². The molecule has 4 aromatic rings. The minimum Gasteiger partial charge on any atom is -0.497 e. The lowest BCUT2D eigenvalue weighted by Gasteiger charge is -2.30. The second-order valence-electron chi connectivity index (χ2n) is 30.3. The first-order chi connectivity index (χ1) is 48.4. The Labute approximate surface area is 607 Å². The lowest BCUT2D eigenvalue weighted by Crippen LogP contribution is -2.58. The number of allylic oxidation sites excluding steroid dienone is 2. The Bertz CT molecular complexity index is 4180. The van der Waals surface area contributed by atoms with Crippen molar-refractivity contribution in [3.63, 3.8) is 0 Å². The number of hydrogen-bond acceptors (Lipinski definition) is 22. The molecule has 8 aliphatic rings. The average Bonchev–Trinajstić information content (AvgIpc) is 1.57. The van der Waals surface area contributed by atoms with Crippen LogP contribution in [0, 0.1) is 11.8 Å². The summed E-state index contributed by atoms with van der Waals surface area (Å²) in [6.07, 6.45) is 14.6. The molecule has 564 valence electrons. The van der Waals surface area contributed by atoms with Gasteiger partial charge >= 0.3 is 18.2 Å². The highest BCUT2D eigenvalue weighted by Gasteiger charge is 2.64. The number of amides is 7. The molecule has 7 amide bonds. The van der Waals surface area contributed by atoms with Crippen LogP contribution in [-0.2, 0) is 58.3 Å². The summed E-state index contributed by atoms with van der Waals surface area (Å²) in [5, 5.41) is 26.7. The number of nitrogens with one attached hydrogen (secondary N) is 5. The van der Waals surface area contributed by atoms with Crippen LogP contribution in [0.1, 0.15) is 171 Å². The standard InChI is InChI=1S/C35H47N5O9S2.C31H40N4O8S.C4H9NO2S/c1-33(2,3)49-31(44)36-25-12-10-8-6-7-9-11-21-19-35(21,30(43)39-51(45,46)34(4)15-16-34)38-28(41)26-17-23(20-40(26)29(25)42)48-32-37-24-14-13-22(47-5)18-27(24)50-32;1-30(2,3)43-28(40)32-22-11-9-7-5-6-8-10-18-16-31(18,27(38)39)34-25(36)23-14-20(17-35(23)26(22)37)42-29-33-21-13-12-19(41-4)15-24(21)44-29;1-4(2-3-4)8(5,6)7/h9,11,13-14,18,21,23,25-26H,6-8,10,12,15-17,19-20H2,1-5H3,(H,36,44)(H,38,41)(H,39,43);8,10,12-13,15,18,20,22-23H,5-7,9,11,14,16-17H2,1-4H3,(H,32,40)(H,34,36)(H,38,39);2-3H2,1H3,(H2,5,6,7)/b11-9-;10-8-;/t21-,23-,25+,26+,35-;18-,20-,22+,23+,31-;/m11./s1. The van der Waals surface area contributed by atoms with E-state index < -0.39 is 142 Å². The molecular weight excluding hydrogens is 1410 g/mol. The molecule has 0 spiro atoms. The topological polar surface area (TPSA) is 399 Å². The molecule has 4 saturated carbocycles. The molecule has 6 fully saturated rings. The van der Waals surface area contributed by atoms with Gasteiger partial charge in [0.15, 0.2) is 0 Å². The van der Waals surface area contributed by atoms with Gasteiger partial charge in [-0.15, -0.1) is 0 Å². The number of ether oxygens (including phenoxy) is 6. The molecule has 12 rings (SSSR count). The van der Waals surface area contributed by atoms with Crippen molar-refractivity contribution in [2.75, 3.05) is 27.3 Å². The summed E-state index contributed by atoms with van der Waals surface area (Å²) >= 11 is 2.63. The highest BCUT2D eigenvalue weighted by Crippen LogP contribution is 2.49. The molecule has 0 bridgehead atoms. The third-order valence-corrected chi connectivity index (χ3v) is 25.6. The highest BCUT2D eigenvalue weighted by atomic mass is 32.2. The molecule has 4 aliphatic carbocycles. The second kappa shape index (κ2) is 30.7. The predicted octanol–water partition coefficient (Wildman–Crippen LogP) is 7.79. The fourth-order valence-corrected chi connectivity index (χ4v) is 16.7. The maximum atomic E-state index is 14.4. The number of benzene rings is 2. The quantitative estimate of drug-likeness (QED) is 0.0628. The van der Waals surface area contributed by atoms with E-state index in [0.29, 0.717) is 72.3 Å². The lowest BCUT2D eigenvalue weighted by molar-refractivity contribution is -0.145. The van der Waals surface area contributed by atoms with Gasteiger partial charge < -0.3 is 64.6 Å². The Kier molecular flexibility index (Phi) is 23.1. The van der Waals surface area contributed by atoms with Crippen LogP contribution in [-0.4, -0.2) is 185 Å². The van der Waals surface area contributed by atoms with Gasteiger partial charge in [-0.05, 0) is 169 Å². The minimum atomic E-state index is -3.97. The number of hydrogen-bond donors (Lipinski definition) is 7.